The topological polar surface area (TPSA) is 0 Å². The van der Waals surface area contributed by atoms with Crippen LogP contribution in [0.1, 0.15) is 41.6 Å². The fraction of sp³-hybridized carbons (Fsp3) is 0.412. The van der Waals surface area contributed by atoms with Gasteiger partial charge >= 0.3 is 0 Å². The van der Waals surface area contributed by atoms with Crippen LogP contribution in [0.25, 0.3) is 10.8 Å². The average molecular weight is 303 g/mol. The van der Waals surface area contributed by atoms with Crippen molar-refractivity contribution in [2.75, 3.05) is 0 Å². The van der Waals surface area contributed by atoms with Crippen molar-refractivity contribution in [3.63, 3.8) is 0 Å². The van der Waals surface area contributed by atoms with Gasteiger partial charge in [-0.05, 0) is 41.2 Å². The summed E-state index contributed by atoms with van der Waals surface area (Å²) in [5.74, 6) is 0.939. The van der Waals surface area contributed by atoms with Crippen molar-refractivity contribution in [2.45, 2.75) is 37.4 Å². The van der Waals surface area contributed by atoms with Crippen LogP contribution in [0.5, 0.6) is 0 Å². The molecule has 1 aliphatic carbocycles. The third kappa shape index (κ3) is 2.21. The number of halogens is 1. The van der Waals surface area contributed by atoms with Crippen molar-refractivity contribution in [1.82, 2.24) is 0 Å². The molecule has 2 aromatic rings. The summed E-state index contributed by atoms with van der Waals surface area (Å²) >= 11 is 3.91. The Bertz CT molecular complexity index is 555. The number of alkyl halides is 1. The van der Waals surface area contributed by atoms with Gasteiger partial charge in [-0.3, -0.25) is 0 Å². The summed E-state index contributed by atoms with van der Waals surface area (Å²) < 4.78 is 0. The number of rotatable bonds is 3. The third-order valence-electron chi connectivity index (χ3n) is 4.28. The Morgan fingerprint density at radius 3 is 2.50 bits per heavy atom. The fourth-order valence-corrected chi connectivity index (χ4v) is 3.82. The van der Waals surface area contributed by atoms with Crippen molar-refractivity contribution >= 4 is 26.7 Å². The van der Waals surface area contributed by atoms with Gasteiger partial charge in [-0.2, -0.15) is 0 Å². The second kappa shape index (κ2) is 5.05. The molecule has 1 unspecified atom stereocenters. The molecule has 0 spiro atoms. The normalized spacial score (nSPS) is 17.7. The first kappa shape index (κ1) is 12.2. The summed E-state index contributed by atoms with van der Waals surface area (Å²) in [7, 11) is 0. The van der Waals surface area contributed by atoms with Gasteiger partial charge in [0.05, 0.1) is 0 Å². The minimum absolute atomic E-state index is 0.508. The summed E-state index contributed by atoms with van der Waals surface area (Å²) in [6.07, 6.45) is 5.56. The van der Waals surface area contributed by atoms with Crippen molar-refractivity contribution in [3.05, 3.63) is 47.5 Å². The maximum Gasteiger partial charge on any atom is 0.0404 e. The maximum atomic E-state index is 3.91. The summed E-state index contributed by atoms with van der Waals surface area (Å²) in [5.41, 5.74) is 2.83. The molecule has 0 nitrogen and oxygen atoms in total. The van der Waals surface area contributed by atoms with Crippen LogP contribution in [0.3, 0.4) is 0 Å². The molecule has 1 saturated carbocycles. The zero-order chi connectivity index (χ0) is 12.5. The van der Waals surface area contributed by atoms with E-state index in [9.17, 15) is 0 Å². The van der Waals surface area contributed by atoms with Gasteiger partial charge in [0.2, 0.25) is 0 Å². The second-order valence-corrected chi connectivity index (χ2v) is 6.62. The SMILES string of the molecule is Cc1ccc(C(Br)CC2CCC2)c2ccccc12. The highest BCUT2D eigenvalue weighted by Gasteiger charge is 2.22. The monoisotopic (exact) mass is 302 g/mol. The minimum atomic E-state index is 0.508. The lowest BCUT2D eigenvalue weighted by Gasteiger charge is -2.28. The standard InChI is InChI=1S/C17H19Br/c1-12-9-10-16(15-8-3-2-7-14(12)15)17(18)11-13-5-4-6-13/h2-3,7-10,13,17H,4-6,11H2,1H3. The molecule has 1 heteroatoms. The minimum Gasteiger partial charge on any atom is -0.0838 e. The molecule has 0 N–H and O–H groups in total. The van der Waals surface area contributed by atoms with Gasteiger partial charge in [-0.15, -0.1) is 0 Å². The molecular weight excluding hydrogens is 284 g/mol. The lowest BCUT2D eigenvalue weighted by atomic mass is 9.81. The van der Waals surface area contributed by atoms with E-state index in [1.165, 1.54) is 47.6 Å². The number of aryl methyl sites for hydroxylation is 1. The van der Waals surface area contributed by atoms with Crippen molar-refractivity contribution < 1.29 is 0 Å². The molecule has 0 bridgehead atoms. The van der Waals surface area contributed by atoms with Crippen molar-refractivity contribution in [1.29, 1.82) is 0 Å². The van der Waals surface area contributed by atoms with Gasteiger partial charge < -0.3 is 0 Å². The molecular formula is C17H19Br. The molecule has 1 atom stereocenters. The van der Waals surface area contributed by atoms with E-state index >= 15 is 0 Å². The Balaban J connectivity index is 1.97. The van der Waals surface area contributed by atoms with Gasteiger partial charge in [-0.1, -0.05) is 71.6 Å². The molecule has 0 aliphatic heterocycles. The first-order chi connectivity index (χ1) is 8.75. The van der Waals surface area contributed by atoms with Crippen LogP contribution in [0.4, 0.5) is 0 Å². The van der Waals surface area contributed by atoms with Gasteiger partial charge in [0.25, 0.3) is 0 Å². The average Bonchev–Trinajstić information content (AvgIpc) is 2.34. The van der Waals surface area contributed by atoms with E-state index in [4.69, 9.17) is 0 Å². The van der Waals surface area contributed by atoms with Crippen molar-refractivity contribution in [3.8, 4) is 0 Å². The molecule has 3 rings (SSSR count). The van der Waals surface area contributed by atoms with E-state index < -0.39 is 0 Å². The van der Waals surface area contributed by atoms with E-state index in [0.29, 0.717) is 4.83 Å². The first-order valence-electron chi connectivity index (χ1n) is 6.88. The molecule has 0 saturated heterocycles. The number of hydrogen-bond donors (Lipinski definition) is 0. The van der Waals surface area contributed by atoms with E-state index in [2.05, 4.69) is 59.3 Å². The highest BCUT2D eigenvalue weighted by atomic mass is 79.9. The largest absolute Gasteiger partial charge is 0.0838 e. The highest BCUT2D eigenvalue weighted by Crippen LogP contribution is 2.41. The summed E-state index contributed by atoms with van der Waals surface area (Å²) in [6.45, 7) is 2.20. The summed E-state index contributed by atoms with van der Waals surface area (Å²) in [6, 6.07) is 13.3. The Hall–Kier alpha value is -0.820. The molecule has 1 fully saturated rings. The zero-order valence-electron chi connectivity index (χ0n) is 10.8. The van der Waals surface area contributed by atoms with Crippen LogP contribution >= 0.6 is 15.9 Å². The summed E-state index contributed by atoms with van der Waals surface area (Å²) in [5, 5.41) is 2.81. The van der Waals surface area contributed by atoms with Gasteiger partial charge in [0, 0.05) is 4.83 Å². The summed E-state index contributed by atoms with van der Waals surface area (Å²) in [4.78, 5) is 0.508. The molecule has 0 aromatic heterocycles. The second-order valence-electron chi connectivity index (χ2n) is 5.52. The van der Waals surface area contributed by atoms with Crippen LogP contribution in [0.2, 0.25) is 0 Å². The van der Waals surface area contributed by atoms with Gasteiger partial charge in [0.1, 0.15) is 0 Å². The molecule has 2 aromatic carbocycles. The number of benzene rings is 2. The smallest absolute Gasteiger partial charge is 0.0404 e. The van der Waals surface area contributed by atoms with E-state index in [-0.39, 0.29) is 0 Å². The molecule has 0 radical (unpaired) electrons. The Morgan fingerprint density at radius 1 is 1.11 bits per heavy atom. The maximum absolute atomic E-state index is 3.91. The highest BCUT2D eigenvalue weighted by molar-refractivity contribution is 9.09. The van der Waals surface area contributed by atoms with Crippen molar-refractivity contribution in [2.24, 2.45) is 5.92 Å². The third-order valence-corrected chi connectivity index (χ3v) is 5.15. The van der Waals surface area contributed by atoms with E-state index in [1.54, 1.807) is 0 Å². The molecule has 18 heavy (non-hydrogen) atoms. The van der Waals surface area contributed by atoms with Crippen LogP contribution in [0.15, 0.2) is 36.4 Å². The van der Waals surface area contributed by atoms with Crippen LogP contribution in [0, 0.1) is 12.8 Å². The number of hydrogen-bond acceptors (Lipinski definition) is 0. The van der Waals surface area contributed by atoms with Crippen LogP contribution in [-0.2, 0) is 0 Å². The quantitative estimate of drug-likeness (QED) is 0.631. The lowest BCUT2D eigenvalue weighted by molar-refractivity contribution is 0.296. The Kier molecular flexibility index (Phi) is 3.43. The predicted molar refractivity (Wildman–Crippen MR) is 82.3 cm³/mol. The van der Waals surface area contributed by atoms with Gasteiger partial charge in [0.15, 0.2) is 0 Å². The predicted octanol–water partition coefficient (Wildman–Crippen LogP) is 5.77. The number of fused-ring (bicyclic) bond motifs is 1. The molecule has 0 amide bonds. The first-order valence-corrected chi connectivity index (χ1v) is 7.79. The zero-order valence-corrected chi connectivity index (χ0v) is 12.4. The van der Waals surface area contributed by atoms with Gasteiger partial charge in [-0.25, -0.2) is 0 Å². The van der Waals surface area contributed by atoms with E-state index in [0.717, 1.165) is 5.92 Å². The fourth-order valence-electron chi connectivity index (χ4n) is 2.89. The molecule has 94 valence electrons. The lowest BCUT2D eigenvalue weighted by Crippen LogP contribution is -2.12. The molecule has 1 aliphatic rings. The van der Waals surface area contributed by atoms with Crippen LogP contribution in [-0.4, -0.2) is 0 Å². The Morgan fingerprint density at radius 2 is 1.83 bits per heavy atom. The van der Waals surface area contributed by atoms with E-state index in [1.807, 2.05) is 0 Å². The molecule has 0 heterocycles. The Labute approximate surface area is 118 Å². The van der Waals surface area contributed by atoms with Crippen LogP contribution < -0.4 is 0 Å².